The van der Waals surface area contributed by atoms with Crippen LogP contribution in [0.15, 0.2) is 24.3 Å². The van der Waals surface area contributed by atoms with E-state index in [2.05, 4.69) is 10.6 Å². The molecule has 0 aliphatic rings. The Kier molecular flexibility index (Phi) is 7.99. The van der Waals surface area contributed by atoms with Crippen molar-refractivity contribution in [2.75, 3.05) is 20.3 Å². The van der Waals surface area contributed by atoms with Crippen LogP contribution >= 0.6 is 0 Å². The smallest absolute Gasteiger partial charge is 0.309 e. The summed E-state index contributed by atoms with van der Waals surface area (Å²) >= 11 is 0. The van der Waals surface area contributed by atoms with Crippen LogP contribution in [-0.4, -0.2) is 38.2 Å². The Morgan fingerprint density at radius 1 is 1.14 bits per heavy atom. The Balaban J connectivity index is 2.28. The van der Waals surface area contributed by atoms with Crippen LogP contribution in [0.5, 0.6) is 5.75 Å². The molecule has 0 fully saturated rings. The Bertz CT molecular complexity index is 489. The molecule has 0 bridgehead atoms. The van der Waals surface area contributed by atoms with Gasteiger partial charge >= 0.3 is 11.8 Å². The van der Waals surface area contributed by atoms with Crippen LogP contribution in [-0.2, 0) is 20.9 Å². The van der Waals surface area contributed by atoms with E-state index >= 15 is 0 Å². The van der Waals surface area contributed by atoms with Crippen molar-refractivity contribution in [3.05, 3.63) is 29.8 Å². The van der Waals surface area contributed by atoms with E-state index in [4.69, 9.17) is 9.47 Å². The minimum atomic E-state index is -0.657. The minimum Gasteiger partial charge on any atom is -0.496 e. The normalized spacial score (nSPS) is 10.4. The number of carbonyl (C=O) groups is 2. The molecule has 22 heavy (non-hydrogen) atoms. The summed E-state index contributed by atoms with van der Waals surface area (Å²) in [4.78, 5) is 23.3. The van der Waals surface area contributed by atoms with E-state index < -0.39 is 11.8 Å². The molecule has 0 saturated heterocycles. The summed E-state index contributed by atoms with van der Waals surface area (Å²) in [6.07, 6.45) is 0.837. The zero-order valence-corrected chi connectivity index (χ0v) is 13.3. The van der Waals surface area contributed by atoms with Crippen molar-refractivity contribution in [1.82, 2.24) is 10.6 Å². The lowest BCUT2D eigenvalue weighted by Crippen LogP contribution is -2.40. The molecule has 1 rings (SSSR count). The summed E-state index contributed by atoms with van der Waals surface area (Å²) in [5, 5.41) is 5.13. The monoisotopic (exact) mass is 308 g/mol. The Labute approximate surface area is 131 Å². The standard InChI is InChI=1S/C16H24N2O4/c1-12(2)22-10-6-9-17-15(19)16(20)18-11-13-7-4-5-8-14(13)21-3/h4-5,7-8,12H,6,9-11H2,1-3H3,(H,17,19)(H,18,20). The maximum Gasteiger partial charge on any atom is 0.309 e. The molecule has 0 radical (unpaired) electrons. The molecule has 2 amide bonds. The third-order valence-electron chi connectivity index (χ3n) is 2.90. The Morgan fingerprint density at radius 3 is 2.50 bits per heavy atom. The molecule has 0 heterocycles. The predicted molar refractivity (Wildman–Crippen MR) is 83.6 cm³/mol. The highest BCUT2D eigenvalue weighted by molar-refractivity contribution is 6.35. The Morgan fingerprint density at radius 2 is 1.82 bits per heavy atom. The van der Waals surface area contributed by atoms with Crippen LogP contribution in [0.2, 0.25) is 0 Å². The van der Waals surface area contributed by atoms with Gasteiger partial charge in [-0.15, -0.1) is 0 Å². The maximum absolute atomic E-state index is 11.7. The summed E-state index contributed by atoms with van der Waals surface area (Å²) < 4.78 is 10.5. The number of rotatable bonds is 8. The number of hydrogen-bond donors (Lipinski definition) is 2. The molecule has 1 aromatic rings. The molecule has 0 aromatic heterocycles. The van der Waals surface area contributed by atoms with Crippen LogP contribution in [0, 0.1) is 0 Å². The number of para-hydroxylation sites is 1. The molecule has 0 unspecified atom stereocenters. The van der Waals surface area contributed by atoms with Gasteiger partial charge in [-0.25, -0.2) is 0 Å². The van der Waals surface area contributed by atoms with E-state index in [1.807, 2.05) is 32.0 Å². The van der Waals surface area contributed by atoms with E-state index in [9.17, 15) is 9.59 Å². The number of nitrogens with one attached hydrogen (secondary N) is 2. The molecule has 0 atom stereocenters. The molecular formula is C16H24N2O4. The van der Waals surface area contributed by atoms with Crippen molar-refractivity contribution in [2.24, 2.45) is 0 Å². The molecule has 122 valence electrons. The van der Waals surface area contributed by atoms with Crippen LogP contribution in [0.1, 0.15) is 25.8 Å². The van der Waals surface area contributed by atoms with E-state index in [0.717, 1.165) is 5.56 Å². The average Bonchev–Trinajstić information content (AvgIpc) is 2.51. The lowest BCUT2D eigenvalue weighted by molar-refractivity contribution is -0.139. The fourth-order valence-electron chi connectivity index (χ4n) is 1.78. The Hall–Kier alpha value is -2.08. The lowest BCUT2D eigenvalue weighted by atomic mass is 10.2. The summed E-state index contributed by atoms with van der Waals surface area (Å²) in [5.74, 6) is -0.621. The van der Waals surface area contributed by atoms with Crippen LogP contribution in [0.3, 0.4) is 0 Å². The van der Waals surface area contributed by atoms with Gasteiger partial charge in [0.1, 0.15) is 5.75 Å². The van der Waals surface area contributed by atoms with Crippen LogP contribution < -0.4 is 15.4 Å². The zero-order chi connectivity index (χ0) is 16.4. The van der Waals surface area contributed by atoms with Crippen molar-refractivity contribution in [1.29, 1.82) is 0 Å². The van der Waals surface area contributed by atoms with E-state index in [1.165, 1.54) is 0 Å². The number of amides is 2. The fourth-order valence-corrected chi connectivity index (χ4v) is 1.78. The molecule has 0 saturated carbocycles. The first kappa shape index (κ1) is 18.0. The topological polar surface area (TPSA) is 76.7 Å². The van der Waals surface area contributed by atoms with Gasteiger partial charge in [0.15, 0.2) is 0 Å². The summed E-state index contributed by atoms with van der Waals surface area (Å²) in [7, 11) is 1.56. The van der Waals surface area contributed by atoms with Gasteiger partial charge < -0.3 is 20.1 Å². The highest BCUT2D eigenvalue weighted by Gasteiger charge is 2.13. The number of benzene rings is 1. The van der Waals surface area contributed by atoms with E-state index in [1.54, 1.807) is 13.2 Å². The third-order valence-corrected chi connectivity index (χ3v) is 2.90. The minimum absolute atomic E-state index is 0.167. The number of hydrogen-bond acceptors (Lipinski definition) is 4. The second-order valence-corrected chi connectivity index (χ2v) is 5.02. The van der Waals surface area contributed by atoms with Gasteiger partial charge in [-0.3, -0.25) is 9.59 Å². The first-order valence-electron chi connectivity index (χ1n) is 7.34. The van der Waals surface area contributed by atoms with Gasteiger partial charge in [0.25, 0.3) is 0 Å². The summed E-state index contributed by atoms with van der Waals surface area (Å²) in [6, 6.07) is 7.32. The molecular weight excluding hydrogens is 284 g/mol. The van der Waals surface area contributed by atoms with E-state index in [0.29, 0.717) is 25.3 Å². The maximum atomic E-state index is 11.7. The SMILES string of the molecule is COc1ccccc1CNC(=O)C(=O)NCCCOC(C)C. The third kappa shape index (κ3) is 6.58. The largest absolute Gasteiger partial charge is 0.496 e. The highest BCUT2D eigenvalue weighted by Crippen LogP contribution is 2.16. The van der Waals surface area contributed by atoms with Gasteiger partial charge in [0, 0.05) is 25.3 Å². The highest BCUT2D eigenvalue weighted by atomic mass is 16.5. The van der Waals surface area contributed by atoms with Gasteiger partial charge in [0.05, 0.1) is 13.2 Å². The van der Waals surface area contributed by atoms with Gasteiger partial charge in [-0.2, -0.15) is 0 Å². The van der Waals surface area contributed by atoms with Gasteiger partial charge in [-0.1, -0.05) is 18.2 Å². The molecule has 0 spiro atoms. The van der Waals surface area contributed by atoms with Gasteiger partial charge in [-0.05, 0) is 26.3 Å². The van der Waals surface area contributed by atoms with Crippen molar-refractivity contribution in [3.63, 3.8) is 0 Å². The van der Waals surface area contributed by atoms with Crippen molar-refractivity contribution < 1.29 is 19.1 Å². The molecule has 0 aliphatic carbocycles. The first-order valence-corrected chi connectivity index (χ1v) is 7.34. The quantitative estimate of drug-likeness (QED) is 0.559. The summed E-state index contributed by atoms with van der Waals surface area (Å²) in [5.41, 5.74) is 0.816. The van der Waals surface area contributed by atoms with Gasteiger partial charge in [0.2, 0.25) is 0 Å². The van der Waals surface area contributed by atoms with Crippen LogP contribution in [0.4, 0.5) is 0 Å². The lowest BCUT2D eigenvalue weighted by Gasteiger charge is -2.10. The number of carbonyl (C=O) groups excluding carboxylic acids is 2. The number of ether oxygens (including phenoxy) is 2. The molecule has 6 heteroatoms. The fraction of sp³-hybridized carbons (Fsp3) is 0.500. The van der Waals surface area contributed by atoms with Crippen molar-refractivity contribution in [3.8, 4) is 5.75 Å². The second-order valence-electron chi connectivity index (χ2n) is 5.02. The van der Waals surface area contributed by atoms with Crippen molar-refractivity contribution >= 4 is 11.8 Å². The second kappa shape index (κ2) is 9.78. The van der Waals surface area contributed by atoms with Crippen LogP contribution in [0.25, 0.3) is 0 Å². The first-order chi connectivity index (χ1) is 10.5. The molecule has 2 N–H and O–H groups in total. The van der Waals surface area contributed by atoms with E-state index in [-0.39, 0.29) is 12.6 Å². The molecule has 0 aliphatic heterocycles. The number of methoxy groups -OCH3 is 1. The average molecular weight is 308 g/mol. The predicted octanol–water partition coefficient (Wildman–Crippen LogP) is 1.24. The summed E-state index contributed by atoms with van der Waals surface area (Å²) in [6.45, 7) is 5.11. The molecule has 6 nitrogen and oxygen atoms in total. The van der Waals surface area contributed by atoms with Crippen molar-refractivity contribution in [2.45, 2.75) is 32.9 Å². The molecule has 1 aromatic carbocycles. The zero-order valence-electron chi connectivity index (χ0n) is 13.3.